The molecule has 0 saturated heterocycles. The Morgan fingerprint density at radius 1 is 1.44 bits per heavy atom. The number of benzene rings is 1. The molecule has 3 N–H and O–H groups in total. The smallest absolute Gasteiger partial charge is 0.241 e. The highest BCUT2D eigenvalue weighted by molar-refractivity contribution is 7.98. The molecule has 1 atom stereocenters. The standard InChI is InChI=1S/C13H20N2O2S/c1-3-17-11-6-4-10(5-7-11)15-13(16)12(14)8-9-18-2/h4-7,12H,3,8-9,14H2,1-2H3,(H,15,16)/t12-/m1/s1. The molecule has 0 unspecified atom stereocenters. The lowest BCUT2D eigenvalue weighted by atomic mass is 10.2. The molecule has 1 rings (SSSR count). The van der Waals surface area contributed by atoms with Crippen molar-refractivity contribution in [2.75, 3.05) is 23.9 Å². The van der Waals surface area contributed by atoms with E-state index in [2.05, 4.69) is 5.32 Å². The molecule has 0 aromatic heterocycles. The minimum atomic E-state index is -0.455. The summed E-state index contributed by atoms with van der Waals surface area (Å²) in [4.78, 5) is 11.8. The van der Waals surface area contributed by atoms with Gasteiger partial charge < -0.3 is 15.8 Å². The monoisotopic (exact) mass is 268 g/mol. The van der Waals surface area contributed by atoms with Gasteiger partial charge in [-0.05, 0) is 49.6 Å². The third kappa shape index (κ3) is 4.98. The maximum atomic E-state index is 11.8. The highest BCUT2D eigenvalue weighted by Gasteiger charge is 2.12. The Morgan fingerprint density at radius 3 is 2.67 bits per heavy atom. The first kappa shape index (κ1) is 14.9. The van der Waals surface area contributed by atoms with Gasteiger partial charge in [-0.15, -0.1) is 0 Å². The van der Waals surface area contributed by atoms with Crippen molar-refractivity contribution in [3.8, 4) is 5.75 Å². The van der Waals surface area contributed by atoms with Gasteiger partial charge in [-0.1, -0.05) is 0 Å². The summed E-state index contributed by atoms with van der Waals surface area (Å²) in [5.74, 6) is 1.54. The van der Waals surface area contributed by atoms with E-state index in [-0.39, 0.29) is 5.91 Å². The van der Waals surface area contributed by atoms with Crippen LogP contribution in [0.15, 0.2) is 24.3 Å². The van der Waals surface area contributed by atoms with Crippen LogP contribution in [0, 0.1) is 0 Å². The predicted octanol–water partition coefficient (Wildman–Crippen LogP) is 2.10. The largest absolute Gasteiger partial charge is 0.494 e. The molecule has 0 spiro atoms. The second-order valence-electron chi connectivity index (χ2n) is 3.83. The Balaban J connectivity index is 2.48. The molecule has 0 saturated carbocycles. The van der Waals surface area contributed by atoms with Gasteiger partial charge in [-0.2, -0.15) is 11.8 Å². The molecule has 0 radical (unpaired) electrons. The lowest BCUT2D eigenvalue weighted by Crippen LogP contribution is -2.36. The number of amides is 1. The lowest BCUT2D eigenvalue weighted by molar-refractivity contribution is -0.117. The summed E-state index contributed by atoms with van der Waals surface area (Å²) >= 11 is 1.68. The van der Waals surface area contributed by atoms with Crippen molar-refractivity contribution in [3.63, 3.8) is 0 Å². The quantitative estimate of drug-likeness (QED) is 0.795. The Morgan fingerprint density at radius 2 is 2.11 bits per heavy atom. The van der Waals surface area contributed by atoms with Gasteiger partial charge in [0, 0.05) is 5.69 Å². The van der Waals surface area contributed by atoms with Gasteiger partial charge >= 0.3 is 0 Å². The number of nitrogens with two attached hydrogens (primary N) is 1. The van der Waals surface area contributed by atoms with Crippen LogP contribution in [-0.2, 0) is 4.79 Å². The fourth-order valence-corrected chi connectivity index (χ4v) is 1.90. The minimum Gasteiger partial charge on any atom is -0.494 e. The van der Waals surface area contributed by atoms with Gasteiger partial charge in [0.2, 0.25) is 5.91 Å². The number of anilines is 1. The number of rotatable bonds is 7. The van der Waals surface area contributed by atoms with Crippen LogP contribution in [0.3, 0.4) is 0 Å². The van der Waals surface area contributed by atoms with Crippen LogP contribution in [-0.4, -0.2) is 30.6 Å². The number of hydrogen-bond acceptors (Lipinski definition) is 4. The predicted molar refractivity (Wildman–Crippen MR) is 77.2 cm³/mol. The van der Waals surface area contributed by atoms with Crippen molar-refractivity contribution in [2.45, 2.75) is 19.4 Å². The fourth-order valence-electron chi connectivity index (χ4n) is 1.41. The summed E-state index contributed by atoms with van der Waals surface area (Å²) in [6.07, 6.45) is 2.68. The number of thioether (sulfide) groups is 1. The summed E-state index contributed by atoms with van der Waals surface area (Å²) in [5, 5.41) is 2.79. The van der Waals surface area contributed by atoms with Gasteiger partial charge in [0.1, 0.15) is 5.75 Å². The van der Waals surface area contributed by atoms with E-state index in [4.69, 9.17) is 10.5 Å². The molecule has 1 amide bonds. The zero-order valence-corrected chi connectivity index (χ0v) is 11.6. The Labute approximate surface area is 112 Å². The van der Waals surface area contributed by atoms with Crippen LogP contribution in [0.4, 0.5) is 5.69 Å². The number of carbonyl (C=O) groups excluding carboxylic acids is 1. The van der Waals surface area contributed by atoms with E-state index in [0.717, 1.165) is 17.2 Å². The molecule has 18 heavy (non-hydrogen) atoms. The summed E-state index contributed by atoms with van der Waals surface area (Å²) in [5.41, 5.74) is 6.52. The second-order valence-corrected chi connectivity index (χ2v) is 4.82. The van der Waals surface area contributed by atoms with Crippen LogP contribution < -0.4 is 15.8 Å². The van der Waals surface area contributed by atoms with Crippen molar-refractivity contribution in [1.82, 2.24) is 0 Å². The normalized spacial score (nSPS) is 11.9. The van der Waals surface area contributed by atoms with Gasteiger partial charge in [0.05, 0.1) is 12.6 Å². The maximum Gasteiger partial charge on any atom is 0.241 e. The van der Waals surface area contributed by atoms with Gasteiger partial charge in [0.15, 0.2) is 0 Å². The van der Waals surface area contributed by atoms with Crippen molar-refractivity contribution in [1.29, 1.82) is 0 Å². The first-order chi connectivity index (χ1) is 8.67. The highest BCUT2D eigenvalue weighted by atomic mass is 32.2. The van der Waals surface area contributed by atoms with Crippen LogP contribution in [0.1, 0.15) is 13.3 Å². The molecule has 0 bridgehead atoms. The molecule has 0 fully saturated rings. The van der Waals surface area contributed by atoms with Crippen molar-refractivity contribution < 1.29 is 9.53 Å². The number of nitrogens with one attached hydrogen (secondary N) is 1. The third-order valence-electron chi connectivity index (χ3n) is 2.40. The van der Waals surface area contributed by atoms with Crippen LogP contribution in [0.2, 0.25) is 0 Å². The number of hydrogen-bond donors (Lipinski definition) is 2. The number of ether oxygens (including phenoxy) is 1. The van der Waals surface area contributed by atoms with E-state index in [1.54, 1.807) is 11.8 Å². The molecule has 1 aromatic carbocycles. The van der Waals surface area contributed by atoms with Gasteiger partial charge in [-0.3, -0.25) is 4.79 Å². The van der Waals surface area contributed by atoms with E-state index in [1.165, 1.54) is 0 Å². The van der Waals surface area contributed by atoms with Gasteiger partial charge in [-0.25, -0.2) is 0 Å². The molecule has 0 aliphatic heterocycles. The first-order valence-electron chi connectivity index (χ1n) is 5.95. The first-order valence-corrected chi connectivity index (χ1v) is 7.35. The Hall–Kier alpha value is -1.20. The lowest BCUT2D eigenvalue weighted by Gasteiger charge is -2.12. The molecule has 4 nitrogen and oxygen atoms in total. The minimum absolute atomic E-state index is 0.145. The molecule has 1 aromatic rings. The molecule has 0 heterocycles. The maximum absolute atomic E-state index is 11.8. The van der Waals surface area contributed by atoms with Crippen LogP contribution in [0.5, 0.6) is 5.75 Å². The van der Waals surface area contributed by atoms with Crippen LogP contribution in [0.25, 0.3) is 0 Å². The molecule has 0 aliphatic rings. The van der Waals surface area contributed by atoms with Gasteiger partial charge in [0.25, 0.3) is 0 Å². The SMILES string of the molecule is CCOc1ccc(NC(=O)[C@H](N)CCSC)cc1. The summed E-state index contributed by atoms with van der Waals surface area (Å²) in [7, 11) is 0. The molecule has 5 heteroatoms. The summed E-state index contributed by atoms with van der Waals surface area (Å²) < 4.78 is 5.33. The molecular weight excluding hydrogens is 248 g/mol. The third-order valence-corrected chi connectivity index (χ3v) is 3.05. The Bertz CT molecular complexity index is 368. The molecule has 0 aliphatic carbocycles. The van der Waals surface area contributed by atoms with E-state index in [0.29, 0.717) is 13.0 Å². The Kier molecular flexibility index (Phi) is 6.60. The average molecular weight is 268 g/mol. The van der Waals surface area contributed by atoms with E-state index in [9.17, 15) is 4.79 Å². The summed E-state index contributed by atoms with van der Waals surface area (Å²) in [6.45, 7) is 2.56. The van der Waals surface area contributed by atoms with E-state index in [1.807, 2.05) is 37.4 Å². The molecule has 100 valence electrons. The zero-order valence-electron chi connectivity index (χ0n) is 10.8. The zero-order chi connectivity index (χ0) is 13.4. The average Bonchev–Trinajstić information content (AvgIpc) is 2.38. The summed E-state index contributed by atoms with van der Waals surface area (Å²) in [6, 6.07) is 6.82. The molecular formula is C13H20N2O2S. The number of carbonyl (C=O) groups is 1. The van der Waals surface area contributed by atoms with Crippen molar-refractivity contribution in [2.24, 2.45) is 5.73 Å². The van der Waals surface area contributed by atoms with E-state index < -0.39 is 6.04 Å². The van der Waals surface area contributed by atoms with Crippen molar-refractivity contribution >= 4 is 23.4 Å². The van der Waals surface area contributed by atoms with Crippen molar-refractivity contribution in [3.05, 3.63) is 24.3 Å². The second kappa shape index (κ2) is 8.00. The van der Waals surface area contributed by atoms with E-state index >= 15 is 0 Å². The fraction of sp³-hybridized carbons (Fsp3) is 0.462. The topological polar surface area (TPSA) is 64.3 Å². The highest BCUT2D eigenvalue weighted by Crippen LogP contribution is 2.15. The van der Waals surface area contributed by atoms with Crippen LogP contribution >= 0.6 is 11.8 Å².